The Balaban J connectivity index is 1.77. The molecule has 5 heteroatoms. The maximum Gasteiger partial charge on any atom is 0.412 e. The summed E-state index contributed by atoms with van der Waals surface area (Å²) >= 11 is 0. The summed E-state index contributed by atoms with van der Waals surface area (Å²) in [7, 11) is 0. The summed E-state index contributed by atoms with van der Waals surface area (Å²) in [6, 6.07) is 0. The lowest BCUT2D eigenvalue weighted by atomic mass is 10.2. The zero-order valence-corrected chi connectivity index (χ0v) is 7.82. The number of cyclic esters (lactones) is 1. The Bertz CT molecular complexity index is 245. The number of carbonyl (C=O) groups is 1. The van der Waals surface area contributed by atoms with Crippen molar-refractivity contribution in [3.63, 3.8) is 0 Å². The van der Waals surface area contributed by atoms with Crippen LogP contribution in [-0.4, -0.2) is 25.5 Å². The summed E-state index contributed by atoms with van der Waals surface area (Å²) in [5.41, 5.74) is 0. The van der Waals surface area contributed by atoms with Crippen LogP contribution in [0, 0.1) is 0 Å². The van der Waals surface area contributed by atoms with Gasteiger partial charge in [0, 0.05) is 6.42 Å². The maximum absolute atomic E-state index is 10.6. The number of hydrogen-bond acceptors (Lipinski definition) is 4. The lowest BCUT2D eigenvalue weighted by Crippen LogP contribution is -2.20. The van der Waals surface area contributed by atoms with Gasteiger partial charge in [0.1, 0.15) is 6.26 Å². The molecular weight excluding hydrogens is 186 g/mol. The third-order valence-corrected chi connectivity index (χ3v) is 2.12. The standard InChI is InChI=1S/C9H13NO4/c11-9-10-5-7(14-9)6-13-8-3-1-2-4-12-8/h6,8H,1-5H2,(H,10,11)/b7-6+. The molecule has 0 aromatic heterocycles. The van der Waals surface area contributed by atoms with E-state index in [4.69, 9.17) is 14.2 Å². The fraction of sp³-hybridized carbons (Fsp3) is 0.667. The van der Waals surface area contributed by atoms with E-state index in [1.165, 1.54) is 6.26 Å². The maximum atomic E-state index is 10.6. The largest absolute Gasteiger partial charge is 0.469 e. The summed E-state index contributed by atoms with van der Waals surface area (Å²) in [5.74, 6) is 0.504. The number of hydrogen-bond donors (Lipinski definition) is 1. The smallest absolute Gasteiger partial charge is 0.412 e. The van der Waals surface area contributed by atoms with Gasteiger partial charge in [0.05, 0.1) is 13.2 Å². The molecule has 2 saturated heterocycles. The molecule has 5 nitrogen and oxygen atoms in total. The first-order valence-electron chi connectivity index (χ1n) is 4.76. The number of rotatable bonds is 2. The highest BCUT2D eigenvalue weighted by Gasteiger charge is 2.18. The molecule has 78 valence electrons. The lowest BCUT2D eigenvalue weighted by Gasteiger charge is -2.21. The topological polar surface area (TPSA) is 56.8 Å². The van der Waals surface area contributed by atoms with Crippen molar-refractivity contribution >= 4 is 6.09 Å². The van der Waals surface area contributed by atoms with E-state index in [1.54, 1.807) is 0 Å². The van der Waals surface area contributed by atoms with E-state index in [2.05, 4.69) is 5.32 Å². The third kappa shape index (κ3) is 2.38. The Labute approximate surface area is 82.0 Å². The summed E-state index contributed by atoms with van der Waals surface area (Å²) in [4.78, 5) is 10.6. The number of alkyl carbamates (subject to hydrolysis) is 1. The SMILES string of the molecule is O=C1NC/C(=C\OC2CCCCO2)O1. The van der Waals surface area contributed by atoms with Gasteiger partial charge in [-0.25, -0.2) is 4.79 Å². The minimum absolute atomic E-state index is 0.185. The Morgan fingerprint density at radius 1 is 1.50 bits per heavy atom. The van der Waals surface area contributed by atoms with Crippen molar-refractivity contribution in [3.05, 3.63) is 12.0 Å². The van der Waals surface area contributed by atoms with Gasteiger partial charge in [-0.15, -0.1) is 0 Å². The van der Waals surface area contributed by atoms with E-state index in [0.29, 0.717) is 12.3 Å². The quantitative estimate of drug-likeness (QED) is 0.677. The first kappa shape index (κ1) is 9.33. The Hall–Kier alpha value is -1.23. The van der Waals surface area contributed by atoms with Gasteiger partial charge in [0.25, 0.3) is 0 Å². The average molecular weight is 199 g/mol. The summed E-state index contributed by atoms with van der Waals surface area (Å²) in [6.07, 6.45) is 3.94. The van der Waals surface area contributed by atoms with Crippen LogP contribution in [0.1, 0.15) is 19.3 Å². The van der Waals surface area contributed by atoms with Crippen molar-refractivity contribution in [1.29, 1.82) is 0 Å². The molecule has 1 atom stereocenters. The normalized spacial score (nSPS) is 29.9. The minimum atomic E-state index is -0.426. The van der Waals surface area contributed by atoms with Crippen molar-refractivity contribution in [2.24, 2.45) is 0 Å². The van der Waals surface area contributed by atoms with E-state index < -0.39 is 6.09 Å². The highest BCUT2D eigenvalue weighted by atomic mass is 16.7. The van der Waals surface area contributed by atoms with Crippen molar-refractivity contribution in [2.75, 3.05) is 13.2 Å². The van der Waals surface area contributed by atoms with Crippen LogP contribution in [0.4, 0.5) is 4.79 Å². The molecule has 1 amide bonds. The molecule has 14 heavy (non-hydrogen) atoms. The molecule has 0 spiro atoms. The molecule has 1 N–H and O–H groups in total. The molecule has 2 aliphatic heterocycles. The van der Waals surface area contributed by atoms with Crippen LogP contribution >= 0.6 is 0 Å². The van der Waals surface area contributed by atoms with Gasteiger partial charge in [-0.05, 0) is 12.8 Å². The van der Waals surface area contributed by atoms with Crippen molar-refractivity contribution in [3.8, 4) is 0 Å². The van der Waals surface area contributed by atoms with Crippen LogP contribution in [0.15, 0.2) is 12.0 Å². The van der Waals surface area contributed by atoms with Crippen molar-refractivity contribution in [2.45, 2.75) is 25.6 Å². The number of nitrogens with one attached hydrogen (secondary N) is 1. The Morgan fingerprint density at radius 3 is 3.07 bits per heavy atom. The highest BCUT2D eigenvalue weighted by molar-refractivity contribution is 5.71. The first-order valence-corrected chi connectivity index (χ1v) is 4.76. The van der Waals surface area contributed by atoms with Crippen LogP contribution in [0.25, 0.3) is 0 Å². The fourth-order valence-electron chi connectivity index (χ4n) is 1.39. The Kier molecular flexibility index (Phi) is 2.88. The van der Waals surface area contributed by atoms with Crippen LogP contribution < -0.4 is 5.32 Å². The van der Waals surface area contributed by atoms with E-state index >= 15 is 0 Å². The second kappa shape index (κ2) is 4.32. The molecule has 0 aromatic rings. The predicted octanol–water partition coefficient (Wildman–Crippen LogP) is 1.11. The monoisotopic (exact) mass is 199 g/mol. The minimum Gasteiger partial charge on any atom is -0.469 e. The van der Waals surface area contributed by atoms with Gasteiger partial charge in [-0.1, -0.05) is 0 Å². The first-order chi connectivity index (χ1) is 6.84. The van der Waals surface area contributed by atoms with Gasteiger partial charge in [-0.2, -0.15) is 0 Å². The molecule has 0 saturated carbocycles. The molecule has 2 aliphatic rings. The zero-order chi connectivity index (χ0) is 9.80. The molecule has 1 unspecified atom stereocenters. The molecule has 2 heterocycles. The Morgan fingerprint density at radius 2 is 2.43 bits per heavy atom. The highest BCUT2D eigenvalue weighted by Crippen LogP contribution is 2.15. The lowest BCUT2D eigenvalue weighted by molar-refractivity contribution is -0.131. The van der Waals surface area contributed by atoms with E-state index in [1.807, 2.05) is 0 Å². The van der Waals surface area contributed by atoms with E-state index in [0.717, 1.165) is 25.9 Å². The predicted molar refractivity (Wildman–Crippen MR) is 47.2 cm³/mol. The van der Waals surface area contributed by atoms with Gasteiger partial charge < -0.3 is 19.5 Å². The second-order valence-corrected chi connectivity index (χ2v) is 3.26. The zero-order valence-electron chi connectivity index (χ0n) is 7.82. The molecule has 0 aliphatic carbocycles. The average Bonchev–Trinajstić information content (AvgIpc) is 2.63. The molecule has 2 rings (SSSR count). The molecule has 0 aromatic carbocycles. The van der Waals surface area contributed by atoms with Crippen molar-refractivity contribution in [1.82, 2.24) is 5.32 Å². The summed E-state index contributed by atoms with van der Waals surface area (Å²) in [5, 5.41) is 2.51. The van der Waals surface area contributed by atoms with Crippen molar-refractivity contribution < 1.29 is 19.0 Å². The van der Waals surface area contributed by atoms with Gasteiger partial charge in [0.2, 0.25) is 0 Å². The van der Waals surface area contributed by atoms with E-state index in [-0.39, 0.29) is 6.29 Å². The van der Waals surface area contributed by atoms with Gasteiger partial charge in [0.15, 0.2) is 12.0 Å². The van der Waals surface area contributed by atoms with Crippen LogP contribution in [0.5, 0.6) is 0 Å². The molecular formula is C9H13NO4. The summed E-state index contributed by atoms with van der Waals surface area (Å²) in [6.45, 7) is 1.14. The number of carbonyl (C=O) groups excluding carboxylic acids is 1. The van der Waals surface area contributed by atoms with Gasteiger partial charge in [-0.3, -0.25) is 0 Å². The summed E-state index contributed by atoms with van der Waals surface area (Å²) < 4.78 is 15.4. The van der Waals surface area contributed by atoms with Gasteiger partial charge >= 0.3 is 6.09 Å². The molecule has 0 radical (unpaired) electrons. The third-order valence-electron chi connectivity index (χ3n) is 2.12. The van der Waals surface area contributed by atoms with E-state index in [9.17, 15) is 4.79 Å². The fourth-order valence-corrected chi connectivity index (χ4v) is 1.39. The molecule has 2 fully saturated rings. The number of ether oxygens (including phenoxy) is 3. The van der Waals surface area contributed by atoms with Crippen LogP contribution in [-0.2, 0) is 14.2 Å². The number of amides is 1. The van der Waals surface area contributed by atoms with Crippen LogP contribution in [0.2, 0.25) is 0 Å². The molecule has 0 bridgehead atoms. The second-order valence-electron chi connectivity index (χ2n) is 3.26. The van der Waals surface area contributed by atoms with Crippen LogP contribution in [0.3, 0.4) is 0 Å².